The van der Waals surface area contributed by atoms with Crippen LogP contribution in [0.25, 0.3) is 0 Å². The normalized spacial score (nSPS) is 10.4. The molecule has 4 heteroatoms. The minimum atomic E-state index is 0.113. The molecule has 0 aliphatic carbocycles. The van der Waals surface area contributed by atoms with Gasteiger partial charge in [-0.1, -0.05) is 38.8 Å². The van der Waals surface area contributed by atoms with Crippen molar-refractivity contribution in [1.29, 1.82) is 0 Å². The van der Waals surface area contributed by atoms with E-state index >= 15 is 0 Å². The zero-order chi connectivity index (χ0) is 12.8. The molecule has 1 rings (SSSR count). The smallest absolute Gasteiger partial charge is 0.253 e. The van der Waals surface area contributed by atoms with Gasteiger partial charge in [0.1, 0.15) is 0 Å². The number of halogens is 2. The van der Waals surface area contributed by atoms with Crippen molar-refractivity contribution in [3.05, 3.63) is 33.8 Å². The number of aryl methyl sites for hydroxylation is 1. The van der Waals surface area contributed by atoms with Gasteiger partial charge < -0.3 is 4.90 Å². The Hall–Kier alpha value is -0.350. The van der Waals surface area contributed by atoms with Crippen LogP contribution >= 0.6 is 31.9 Å². The first-order valence-electron chi connectivity index (χ1n) is 5.71. The molecule has 0 atom stereocenters. The maximum Gasteiger partial charge on any atom is 0.253 e. The molecule has 0 heterocycles. The lowest BCUT2D eigenvalue weighted by Gasteiger charge is -2.21. The number of rotatable bonds is 5. The highest BCUT2D eigenvalue weighted by molar-refractivity contribution is 9.10. The van der Waals surface area contributed by atoms with Gasteiger partial charge in [-0.25, -0.2) is 0 Å². The highest BCUT2D eigenvalue weighted by Gasteiger charge is 2.14. The second-order valence-corrected chi connectivity index (χ2v) is 5.59. The number of nitrogens with zero attached hydrogens (tertiary/aromatic N) is 1. The average Bonchev–Trinajstić information content (AvgIpc) is 2.31. The molecule has 0 aromatic heterocycles. The third-order valence-electron chi connectivity index (χ3n) is 2.54. The van der Waals surface area contributed by atoms with Crippen molar-refractivity contribution in [2.45, 2.75) is 20.3 Å². The highest BCUT2D eigenvalue weighted by Crippen LogP contribution is 2.18. The lowest BCUT2D eigenvalue weighted by atomic mass is 10.1. The molecule has 0 saturated carbocycles. The molecule has 0 aliphatic heterocycles. The molecule has 0 N–H and O–H groups in total. The molecule has 0 bridgehead atoms. The Morgan fingerprint density at radius 2 is 2.06 bits per heavy atom. The zero-order valence-electron chi connectivity index (χ0n) is 10.2. The fourth-order valence-corrected chi connectivity index (χ4v) is 2.32. The summed E-state index contributed by atoms with van der Waals surface area (Å²) in [5.74, 6) is 0.113. The molecule has 2 nitrogen and oxygen atoms in total. The van der Waals surface area contributed by atoms with Crippen molar-refractivity contribution >= 4 is 37.8 Å². The summed E-state index contributed by atoms with van der Waals surface area (Å²) in [7, 11) is 0. The van der Waals surface area contributed by atoms with Crippen molar-refractivity contribution in [3.63, 3.8) is 0 Å². The Balaban J connectivity index is 2.88. The molecule has 0 fully saturated rings. The summed E-state index contributed by atoms with van der Waals surface area (Å²) in [6.45, 7) is 5.64. The van der Waals surface area contributed by atoms with Gasteiger partial charge in [-0.15, -0.1) is 0 Å². The predicted octanol–water partition coefficient (Wildman–Crippen LogP) is 4.00. The van der Waals surface area contributed by atoms with Crippen LogP contribution < -0.4 is 0 Å². The van der Waals surface area contributed by atoms with Crippen LogP contribution in [-0.4, -0.2) is 29.2 Å². The first-order chi connectivity index (χ1) is 8.10. The summed E-state index contributed by atoms with van der Waals surface area (Å²) >= 11 is 6.83. The van der Waals surface area contributed by atoms with Gasteiger partial charge in [0.25, 0.3) is 5.91 Å². The van der Waals surface area contributed by atoms with Crippen LogP contribution in [0.15, 0.2) is 22.7 Å². The van der Waals surface area contributed by atoms with Gasteiger partial charge in [0.05, 0.1) is 0 Å². The minimum absolute atomic E-state index is 0.113. The van der Waals surface area contributed by atoms with Gasteiger partial charge >= 0.3 is 0 Å². The highest BCUT2D eigenvalue weighted by atomic mass is 79.9. The standard InChI is InChI=1S/C13H17Br2NO/c1-3-7-16(8-6-14)13(17)11-4-5-12(15)10(2)9-11/h4-5,9H,3,6-8H2,1-2H3. The van der Waals surface area contributed by atoms with Crippen LogP contribution in [0.4, 0.5) is 0 Å². The zero-order valence-corrected chi connectivity index (χ0v) is 13.3. The van der Waals surface area contributed by atoms with E-state index in [0.717, 1.165) is 40.4 Å². The number of benzene rings is 1. The third-order valence-corrected chi connectivity index (χ3v) is 3.78. The van der Waals surface area contributed by atoms with E-state index in [1.807, 2.05) is 30.0 Å². The lowest BCUT2D eigenvalue weighted by Crippen LogP contribution is -2.33. The summed E-state index contributed by atoms with van der Waals surface area (Å²) in [4.78, 5) is 14.2. The topological polar surface area (TPSA) is 20.3 Å². The Morgan fingerprint density at radius 1 is 1.35 bits per heavy atom. The van der Waals surface area contributed by atoms with Gasteiger partial charge in [-0.3, -0.25) is 4.79 Å². The van der Waals surface area contributed by atoms with Gasteiger partial charge in [0, 0.05) is 28.5 Å². The monoisotopic (exact) mass is 361 g/mol. The minimum Gasteiger partial charge on any atom is -0.338 e. The Morgan fingerprint density at radius 3 is 2.59 bits per heavy atom. The second-order valence-electron chi connectivity index (χ2n) is 3.95. The molecule has 1 aromatic rings. The van der Waals surface area contributed by atoms with Gasteiger partial charge in [-0.2, -0.15) is 0 Å². The van der Waals surface area contributed by atoms with E-state index in [0.29, 0.717) is 0 Å². The van der Waals surface area contributed by atoms with Crippen molar-refractivity contribution < 1.29 is 4.79 Å². The molecule has 0 saturated heterocycles. The first kappa shape index (κ1) is 14.7. The SMILES string of the molecule is CCCN(CCBr)C(=O)c1ccc(Br)c(C)c1. The first-order valence-corrected chi connectivity index (χ1v) is 7.63. The fraction of sp³-hybridized carbons (Fsp3) is 0.462. The number of alkyl halides is 1. The summed E-state index contributed by atoms with van der Waals surface area (Å²) in [6, 6.07) is 5.74. The molecule has 0 radical (unpaired) electrons. The van der Waals surface area contributed by atoms with Crippen molar-refractivity contribution in [1.82, 2.24) is 4.90 Å². The van der Waals surface area contributed by atoms with Gasteiger partial charge in [0.15, 0.2) is 0 Å². The van der Waals surface area contributed by atoms with Crippen LogP contribution in [0.3, 0.4) is 0 Å². The van der Waals surface area contributed by atoms with E-state index in [2.05, 4.69) is 38.8 Å². The van der Waals surface area contributed by atoms with E-state index in [4.69, 9.17) is 0 Å². The van der Waals surface area contributed by atoms with E-state index in [-0.39, 0.29) is 5.91 Å². The summed E-state index contributed by atoms with van der Waals surface area (Å²) in [5, 5.41) is 0.814. The van der Waals surface area contributed by atoms with Crippen LogP contribution in [0.5, 0.6) is 0 Å². The van der Waals surface area contributed by atoms with Crippen LogP contribution in [0, 0.1) is 6.92 Å². The largest absolute Gasteiger partial charge is 0.338 e. The summed E-state index contributed by atoms with van der Waals surface area (Å²) in [5.41, 5.74) is 1.85. The van der Waals surface area contributed by atoms with E-state index in [9.17, 15) is 4.79 Å². The molecule has 0 unspecified atom stereocenters. The number of carbonyl (C=O) groups excluding carboxylic acids is 1. The van der Waals surface area contributed by atoms with Crippen LogP contribution in [-0.2, 0) is 0 Å². The quantitative estimate of drug-likeness (QED) is 0.725. The van der Waals surface area contributed by atoms with Crippen molar-refractivity contribution in [3.8, 4) is 0 Å². The molecular weight excluding hydrogens is 346 g/mol. The Bertz CT molecular complexity index is 387. The maximum atomic E-state index is 12.3. The number of hydrogen-bond acceptors (Lipinski definition) is 1. The Kier molecular flexibility index (Phi) is 6.20. The third kappa shape index (κ3) is 4.11. The van der Waals surface area contributed by atoms with Crippen molar-refractivity contribution in [2.24, 2.45) is 0 Å². The fourth-order valence-electron chi connectivity index (χ4n) is 1.65. The molecule has 0 spiro atoms. The van der Waals surface area contributed by atoms with Crippen molar-refractivity contribution in [2.75, 3.05) is 18.4 Å². The van der Waals surface area contributed by atoms with E-state index in [1.165, 1.54) is 0 Å². The van der Waals surface area contributed by atoms with Crippen LogP contribution in [0.2, 0.25) is 0 Å². The van der Waals surface area contributed by atoms with Gasteiger partial charge in [-0.05, 0) is 37.1 Å². The molecule has 0 aliphatic rings. The molecular formula is C13H17Br2NO. The van der Waals surface area contributed by atoms with Crippen LogP contribution in [0.1, 0.15) is 29.3 Å². The number of carbonyl (C=O) groups is 1. The molecule has 17 heavy (non-hydrogen) atoms. The molecule has 1 aromatic carbocycles. The average molecular weight is 363 g/mol. The summed E-state index contributed by atoms with van der Waals surface area (Å²) < 4.78 is 1.04. The summed E-state index contributed by atoms with van der Waals surface area (Å²) in [6.07, 6.45) is 0.980. The molecule has 94 valence electrons. The predicted molar refractivity (Wildman–Crippen MR) is 78.9 cm³/mol. The van der Waals surface area contributed by atoms with E-state index in [1.54, 1.807) is 0 Å². The number of amides is 1. The Labute approximate surface area is 120 Å². The van der Waals surface area contributed by atoms with E-state index < -0.39 is 0 Å². The maximum absolute atomic E-state index is 12.3. The van der Waals surface area contributed by atoms with Gasteiger partial charge in [0.2, 0.25) is 0 Å². The second kappa shape index (κ2) is 7.17. The molecule has 1 amide bonds. The lowest BCUT2D eigenvalue weighted by molar-refractivity contribution is 0.0766. The number of hydrogen-bond donors (Lipinski definition) is 0.